The van der Waals surface area contributed by atoms with E-state index in [-0.39, 0.29) is 31.8 Å². The minimum absolute atomic E-state index is 0.0906. The maximum Gasteiger partial charge on any atom is 0.257 e. The Morgan fingerprint density at radius 1 is 1.20 bits per heavy atom. The summed E-state index contributed by atoms with van der Waals surface area (Å²) >= 11 is 0. The molecule has 2 aliphatic heterocycles. The van der Waals surface area contributed by atoms with Gasteiger partial charge in [0.1, 0.15) is 5.82 Å². The third-order valence-corrected chi connectivity index (χ3v) is 4.86. The summed E-state index contributed by atoms with van der Waals surface area (Å²) in [6.07, 6.45) is 3.02. The Morgan fingerprint density at radius 3 is 2.52 bits per heavy atom. The van der Waals surface area contributed by atoms with E-state index < -0.39 is 5.92 Å². The number of amides is 1. The van der Waals surface area contributed by atoms with Crippen LogP contribution in [0.4, 0.5) is 14.6 Å². The Labute approximate surface area is 146 Å². The van der Waals surface area contributed by atoms with Gasteiger partial charge in [-0.15, -0.1) is 6.58 Å². The molecule has 0 N–H and O–H groups in total. The summed E-state index contributed by atoms with van der Waals surface area (Å²) in [6, 6.07) is 3.47. The maximum absolute atomic E-state index is 13.3. The molecule has 5 nitrogen and oxygen atoms in total. The largest absolute Gasteiger partial charge is 0.353 e. The number of alkyl halides is 2. The predicted molar refractivity (Wildman–Crippen MR) is 93.2 cm³/mol. The Morgan fingerprint density at radius 2 is 1.88 bits per heavy atom. The average molecular weight is 350 g/mol. The molecule has 25 heavy (non-hydrogen) atoms. The summed E-state index contributed by atoms with van der Waals surface area (Å²) in [7, 11) is 0. The second kappa shape index (κ2) is 7.47. The quantitative estimate of drug-likeness (QED) is 0.781. The molecule has 0 aromatic carbocycles. The Kier molecular flexibility index (Phi) is 5.32. The standard InChI is InChI=1S/C18H24F2N4O/c1-2-8-22-11-13-23(14-12-22)16-15(4-3-7-21-16)17(25)24-9-5-18(19,20)6-10-24/h2-4,7H,1,5-6,8-14H2. The number of carbonyl (C=O) groups excluding carboxylic acids is 1. The Balaban J connectivity index is 1.71. The maximum atomic E-state index is 13.3. The first-order chi connectivity index (χ1) is 12.0. The number of likely N-dealkylation sites (tertiary alicyclic amines) is 1. The van der Waals surface area contributed by atoms with Crippen molar-refractivity contribution in [2.75, 3.05) is 50.7 Å². The first-order valence-corrected chi connectivity index (χ1v) is 8.70. The van der Waals surface area contributed by atoms with Gasteiger partial charge in [-0.3, -0.25) is 9.69 Å². The fraction of sp³-hybridized carbons (Fsp3) is 0.556. The topological polar surface area (TPSA) is 39.7 Å². The zero-order valence-electron chi connectivity index (χ0n) is 14.3. The Hall–Kier alpha value is -2.02. The number of pyridine rings is 1. The first kappa shape index (κ1) is 17.8. The van der Waals surface area contributed by atoms with Gasteiger partial charge >= 0.3 is 0 Å². The number of anilines is 1. The molecule has 1 aromatic heterocycles. The van der Waals surface area contributed by atoms with Gasteiger partial charge in [0.2, 0.25) is 0 Å². The number of hydrogen-bond acceptors (Lipinski definition) is 4. The summed E-state index contributed by atoms with van der Waals surface area (Å²) in [5.74, 6) is -2.20. The molecule has 1 amide bonds. The fourth-order valence-electron chi connectivity index (χ4n) is 3.35. The molecule has 0 aliphatic carbocycles. The lowest BCUT2D eigenvalue weighted by molar-refractivity contribution is -0.0494. The second-order valence-electron chi connectivity index (χ2n) is 6.60. The van der Waals surface area contributed by atoms with E-state index in [0.29, 0.717) is 11.4 Å². The van der Waals surface area contributed by atoms with Crippen molar-refractivity contribution in [3.05, 3.63) is 36.5 Å². The number of nitrogens with zero attached hydrogens (tertiary/aromatic N) is 4. The van der Waals surface area contributed by atoms with Crippen LogP contribution in [0.15, 0.2) is 31.0 Å². The van der Waals surface area contributed by atoms with Gasteiger partial charge in [0, 0.05) is 64.9 Å². The highest BCUT2D eigenvalue weighted by molar-refractivity contribution is 5.99. The molecule has 0 unspecified atom stereocenters. The van der Waals surface area contributed by atoms with Crippen molar-refractivity contribution >= 4 is 11.7 Å². The van der Waals surface area contributed by atoms with Gasteiger partial charge in [0.25, 0.3) is 11.8 Å². The molecule has 3 heterocycles. The van der Waals surface area contributed by atoms with Crippen LogP contribution in [0.3, 0.4) is 0 Å². The van der Waals surface area contributed by atoms with Crippen LogP contribution in [0.25, 0.3) is 0 Å². The number of aromatic nitrogens is 1. The molecule has 2 saturated heterocycles. The molecule has 0 saturated carbocycles. The van der Waals surface area contributed by atoms with E-state index in [4.69, 9.17) is 0 Å². The SMILES string of the molecule is C=CCN1CCN(c2ncccc2C(=O)N2CCC(F)(F)CC2)CC1. The number of piperazine rings is 1. The summed E-state index contributed by atoms with van der Waals surface area (Å²) in [5, 5.41) is 0. The van der Waals surface area contributed by atoms with Crippen molar-refractivity contribution in [1.29, 1.82) is 0 Å². The molecule has 136 valence electrons. The molecular formula is C18H24F2N4O. The monoisotopic (exact) mass is 350 g/mol. The molecule has 3 rings (SSSR count). The highest BCUT2D eigenvalue weighted by atomic mass is 19.3. The van der Waals surface area contributed by atoms with Crippen LogP contribution in [0.1, 0.15) is 23.2 Å². The van der Waals surface area contributed by atoms with Gasteiger partial charge in [-0.1, -0.05) is 6.08 Å². The zero-order valence-corrected chi connectivity index (χ0v) is 14.3. The molecule has 0 bridgehead atoms. The molecule has 0 atom stereocenters. The van der Waals surface area contributed by atoms with Gasteiger partial charge in [-0.05, 0) is 12.1 Å². The van der Waals surface area contributed by atoms with E-state index in [0.717, 1.165) is 32.7 Å². The van der Waals surface area contributed by atoms with Crippen LogP contribution in [-0.4, -0.2) is 72.4 Å². The smallest absolute Gasteiger partial charge is 0.257 e. The third-order valence-electron chi connectivity index (χ3n) is 4.86. The van der Waals surface area contributed by atoms with Gasteiger partial charge < -0.3 is 9.80 Å². The molecule has 2 fully saturated rings. The molecular weight excluding hydrogens is 326 g/mol. The van der Waals surface area contributed by atoms with Crippen LogP contribution in [0, 0.1) is 0 Å². The van der Waals surface area contributed by atoms with Crippen molar-refractivity contribution in [3.63, 3.8) is 0 Å². The van der Waals surface area contributed by atoms with E-state index in [1.165, 1.54) is 4.90 Å². The van der Waals surface area contributed by atoms with Crippen LogP contribution in [-0.2, 0) is 0 Å². The van der Waals surface area contributed by atoms with Gasteiger partial charge in [0.05, 0.1) is 5.56 Å². The molecule has 0 spiro atoms. The van der Waals surface area contributed by atoms with Crippen LogP contribution >= 0.6 is 0 Å². The van der Waals surface area contributed by atoms with Crippen molar-refractivity contribution < 1.29 is 13.6 Å². The molecule has 1 aromatic rings. The minimum atomic E-state index is -2.66. The molecule has 7 heteroatoms. The fourth-order valence-corrected chi connectivity index (χ4v) is 3.35. The van der Waals surface area contributed by atoms with E-state index in [1.807, 2.05) is 6.08 Å². The predicted octanol–water partition coefficient (Wildman–Crippen LogP) is 2.26. The van der Waals surface area contributed by atoms with E-state index >= 15 is 0 Å². The molecule has 0 radical (unpaired) electrons. The average Bonchev–Trinajstić information content (AvgIpc) is 2.62. The van der Waals surface area contributed by atoms with Gasteiger partial charge in [0.15, 0.2) is 0 Å². The van der Waals surface area contributed by atoms with Crippen LogP contribution < -0.4 is 4.90 Å². The zero-order chi connectivity index (χ0) is 17.9. The lowest BCUT2D eigenvalue weighted by Crippen LogP contribution is -2.48. The number of hydrogen-bond donors (Lipinski definition) is 0. The number of halogens is 2. The minimum Gasteiger partial charge on any atom is -0.353 e. The summed E-state index contributed by atoms with van der Waals surface area (Å²) < 4.78 is 26.7. The lowest BCUT2D eigenvalue weighted by Gasteiger charge is -2.36. The van der Waals surface area contributed by atoms with Crippen molar-refractivity contribution in [2.45, 2.75) is 18.8 Å². The number of carbonyl (C=O) groups is 1. The van der Waals surface area contributed by atoms with Gasteiger partial charge in [-0.25, -0.2) is 13.8 Å². The van der Waals surface area contributed by atoms with E-state index in [9.17, 15) is 13.6 Å². The van der Waals surface area contributed by atoms with Gasteiger partial charge in [-0.2, -0.15) is 0 Å². The summed E-state index contributed by atoms with van der Waals surface area (Å²) in [4.78, 5) is 23.2. The van der Waals surface area contributed by atoms with E-state index in [1.54, 1.807) is 18.3 Å². The normalized spacial score (nSPS) is 21.2. The summed E-state index contributed by atoms with van der Waals surface area (Å²) in [5.41, 5.74) is 0.505. The first-order valence-electron chi connectivity index (χ1n) is 8.70. The van der Waals surface area contributed by atoms with E-state index in [2.05, 4.69) is 21.4 Å². The van der Waals surface area contributed by atoms with Crippen LogP contribution in [0.5, 0.6) is 0 Å². The second-order valence-corrected chi connectivity index (χ2v) is 6.60. The lowest BCUT2D eigenvalue weighted by atomic mass is 10.1. The van der Waals surface area contributed by atoms with Crippen molar-refractivity contribution in [3.8, 4) is 0 Å². The Bertz CT molecular complexity index is 619. The highest BCUT2D eigenvalue weighted by Crippen LogP contribution is 2.29. The summed E-state index contributed by atoms with van der Waals surface area (Å²) in [6.45, 7) is 8.12. The number of piperidine rings is 1. The van der Waals surface area contributed by atoms with Crippen molar-refractivity contribution in [2.24, 2.45) is 0 Å². The third kappa shape index (κ3) is 4.15. The van der Waals surface area contributed by atoms with Crippen molar-refractivity contribution in [1.82, 2.24) is 14.8 Å². The molecule has 2 aliphatic rings. The number of rotatable bonds is 4. The highest BCUT2D eigenvalue weighted by Gasteiger charge is 2.36. The van der Waals surface area contributed by atoms with Crippen LogP contribution in [0.2, 0.25) is 0 Å².